The van der Waals surface area contributed by atoms with Gasteiger partial charge in [-0.05, 0) is 131 Å². The normalized spacial score (nSPS) is 13.4. The van der Waals surface area contributed by atoms with Crippen molar-refractivity contribution in [2.45, 2.75) is 261 Å². The Labute approximate surface area is 482 Å². The maximum atomic E-state index is 14.6. The summed E-state index contributed by atoms with van der Waals surface area (Å²) in [6, 6.07) is 13.8. The SMILES string of the molecule is CCC(=O)Oc1c(CC(COC(=O)CCc2cc(C(C)(C)C)c(O)c(C(C)(C)C)c2)(COC(=O)CCc2cc(C(C)(C)C)c(O)c(C(C)(C)C)c2)Cc2cc(C(C)(C)C)c(O)c(C(C)(C)C)c2)cc(C(C)(C)C)c(O)c1C(C)(C)C. The Morgan fingerprint density at radius 3 is 0.938 bits per heavy atom. The van der Waals surface area contributed by atoms with Gasteiger partial charge in [-0.25, -0.2) is 0 Å². The molecule has 0 bridgehead atoms. The van der Waals surface area contributed by atoms with E-state index in [1.807, 2.05) is 126 Å². The van der Waals surface area contributed by atoms with Crippen molar-refractivity contribution in [3.63, 3.8) is 0 Å². The van der Waals surface area contributed by atoms with Gasteiger partial charge < -0.3 is 34.6 Å². The molecule has 80 heavy (non-hydrogen) atoms. The van der Waals surface area contributed by atoms with Gasteiger partial charge in [-0.1, -0.05) is 209 Å². The number of phenolic OH excluding ortho intramolecular Hbond substituents is 4. The van der Waals surface area contributed by atoms with Gasteiger partial charge in [0.05, 0.1) is 0 Å². The van der Waals surface area contributed by atoms with Crippen LogP contribution >= 0.6 is 0 Å². The average molecular weight is 1110 g/mol. The number of hydrogen-bond acceptors (Lipinski definition) is 10. The summed E-state index contributed by atoms with van der Waals surface area (Å²) >= 11 is 0. The molecule has 0 unspecified atom stereocenters. The van der Waals surface area contributed by atoms with E-state index < -0.39 is 45.0 Å². The Balaban J connectivity index is 2.05. The highest BCUT2D eigenvalue weighted by atomic mass is 16.6. The number of ether oxygens (including phenoxy) is 3. The molecular formula is C70H104O10. The number of carbonyl (C=O) groups is 3. The summed E-state index contributed by atoms with van der Waals surface area (Å²) in [5, 5.41) is 47.3. The average Bonchev–Trinajstić information content (AvgIpc) is 3.27. The van der Waals surface area contributed by atoms with Crippen LogP contribution in [-0.2, 0) is 92.9 Å². The molecule has 10 heteroatoms. The predicted molar refractivity (Wildman–Crippen MR) is 326 cm³/mol. The molecule has 0 amide bonds. The molecule has 0 aliphatic heterocycles. The van der Waals surface area contributed by atoms with Crippen LogP contribution in [0.2, 0.25) is 0 Å². The molecular weight excluding hydrogens is 1000 g/mol. The molecule has 4 N–H and O–H groups in total. The van der Waals surface area contributed by atoms with Gasteiger partial charge in [0, 0.05) is 35.8 Å². The van der Waals surface area contributed by atoms with E-state index in [0.717, 1.165) is 50.1 Å². The maximum absolute atomic E-state index is 14.6. The third kappa shape index (κ3) is 16.8. The summed E-state index contributed by atoms with van der Waals surface area (Å²) in [7, 11) is 0. The summed E-state index contributed by atoms with van der Waals surface area (Å²) in [6.45, 7) is 50.1. The Kier molecular flexibility index (Phi) is 19.9. The second-order valence-corrected chi connectivity index (χ2v) is 31.3. The van der Waals surface area contributed by atoms with Gasteiger partial charge >= 0.3 is 17.9 Å². The van der Waals surface area contributed by atoms with Crippen LogP contribution in [-0.4, -0.2) is 51.5 Å². The van der Waals surface area contributed by atoms with Crippen molar-refractivity contribution in [3.05, 3.63) is 109 Å². The molecule has 0 aliphatic rings. The molecule has 0 fully saturated rings. The predicted octanol–water partition coefficient (Wildman–Crippen LogP) is 16.3. The van der Waals surface area contributed by atoms with Crippen LogP contribution in [0, 0.1) is 5.41 Å². The van der Waals surface area contributed by atoms with Crippen LogP contribution in [0.3, 0.4) is 0 Å². The second-order valence-electron chi connectivity index (χ2n) is 31.3. The van der Waals surface area contributed by atoms with E-state index in [9.17, 15) is 34.8 Å². The van der Waals surface area contributed by atoms with E-state index in [-0.39, 0.29) is 95.7 Å². The van der Waals surface area contributed by atoms with E-state index in [2.05, 4.69) is 83.1 Å². The summed E-state index contributed by atoms with van der Waals surface area (Å²) in [6.07, 6.45) is 0.993. The van der Waals surface area contributed by atoms with Crippen molar-refractivity contribution in [1.82, 2.24) is 0 Å². The molecule has 0 saturated heterocycles. The molecule has 0 atom stereocenters. The van der Waals surface area contributed by atoms with Crippen molar-refractivity contribution >= 4 is 17.9 Å². The first kappa shape index (κ1) is 67.0. The lowest BCUT2D eigenvalue weighted by atomic mass is 9.72. The van der Waals surface area contributed by atoms with Crippen LogP contribution in [0.25, 0.3) is 0 Å². The van der Waals surface area contributed by atoms with Crippen molar-refractivity contribution < 1.29 is 49.0 Å². The smallest absolute Gasteiger partial charge is 0.310 e. The molecule has 4 aromatic carbocycles. The molecule has 4 aromatic rings. The Morgan fingerprint density at radius 1 is 0.375 bits per heavy atom. The van der Waals surface area contributed by atoms with Crippen molar-refractivity contribution in [3.8, 4) is 28.7 Å². The largest absolute Gasteiger partial charge is 0.507 e. The van der Waals surface area contributed by atoms with E-state index in [1.165, 1.54) is 0 Å². The first-order valence-corrected chi connectivity index (χ1v) is 29.0. The van der Waals surface area contributed by atoms with E-state index in [0.29, 0.717) is 29.5 Å². The van der Waals surface area contributed by atoms with Gasteiger partial charge in [0.25, 0.3) is 0 Å². The first-order valence-electron chi connectivity index (χ1n) is 29.0. The fraction of sp³-hybridized carbons (Fsp3) is 0.614. The van der Waals surface area contributed by atoms with Gasteiger partial charge in [-0.2, -0.15) is 0 Å². The minimum Gasteiger partial charge on any atom is -0.507 e. The Hall–Kier alpha value is -5.51. The minimum absolute atomic E-state index is 0.00994. The highest BCUT2D eigenvalue weighted by Crippen LogP contribution is 2.50. The summed E-state index contributed by atoms with van der Waals surface area (Å²) < 4.78 is 19.4. The quantitative estimate of drug-likeness (QED) is 0.0628. The topological polar surface area (TPSA) is 160 Å². The van der Waals surface area contributed by atoms with Gasteiger partial charge in [0.2, 0.25) is 0 Å². The molecule has 4 rings (SSSR count). The zero-order chi connectivity index (χ0) is 61.5. The summed E-state index contributed by atoms with van der Waals surface area (Å²) in [5.41, 5.74) is 3.79. The lowest BCUT2D eigenvalue weighted by Gasteiger charge is -2.37. The van der Waals surface area contributed by atoms with E-state index in [1.54, 1.807) is 6.92 Å². The van der Waals surface area contributed by atoms with E-state index >= 15 is 0 Å². The highest BCUT2D eigenvalue weighted by molar-refractivity contribution is 5.75. The second kappa shape index (κ2) is 23.8. The fourth-order valence-corrected chi connectivity index (χ4v) is 10.6. The molecule has 0 aromatic heterocycles. The van der Waals surface area contributed by atoms with Gasteiger partial charge in [-0.3, -0.25) is 14.4 Å². The molecule has 0 saturated carbocycles. The zero-order valence-corrected chi connectivity index (χ0v) is 54.1. The number of carbonyl (C=O) groups excluding carboxylic acids is 3. The van der Waals surface area contributed by atoms with Crippen LogP contribution in [0.15, 0.2) is 42.5 Å². The van der Waals surface area contributed by atoms with Gasteiger partial charge in [-0.15, -0.1) is 0 Å². The molecule has 0 radical (unpaired) electrons. The number of benzene rings is 4. The number of hydrogen-bond donors (Lipinski definition) is 4. The van der Waals surface area contributed by atoms with Gasteiger partial charge in [0.15, 0.2) is 0 Å². The highest BCUT2D eigenvalue weighted by Gasteiger charge is 2.41. The number of rotatable bonds is 16. The molecule has 10 nitrogen and oxygen atoms in total. The third-order valence-corrected chi connectivity index (χ3v) is 15.2. The monoisotopic (exact) mass is 1100 g/mol. The van der Waals surface area contributed by atoms with Crippen LogP contribution in [0.5, 0.6) is 28.7 Å². The van der Waals surface area contributed by atoms with Crippen molar-refractivity contribution in [2.75, 3.05) is 13.2 Å². The summed E-state index contributed by atoms with van der Waals surface area (Å²) in [5.74, 6) is -0.517. The lowest BCUT2D eigenvalue weighted by Crippen LogP contribution is -2.39. The van der Waals surface area contributed by atoms with Gasteiger partial charge in [0.1, 0.15) is 42.0 Å². The lowest BCUT2D eigenvalue weighted by molar-refractivity contribution is -0.154. The number of phenols is 4. The van der Waals surface area contributed by atoms with Crippen molar-refractivity contribution in [2.24, 2.45) is 5.41 Å². The maximum Gasteiger partial charge on any atom is 0.310 e. The van der Waals surface area contributed by atoms with Crippen LogP contribution in [0.1, 0.15) is 259 Å². The van der Waals surface area contributed by atoms with Crippen LogP contribution in [0.4, 0.5) is 0 Å². The van der Waals surface area contributed by atoms with E-state index in [4.69, 9.17) is 14.2 Å². The minimum atomic E-state index is -1.25. The number of esters is 3. The molecule has 0 heterocycles. The zero-order valence-electron chi connectivity index (χ0n) is 54.1. The van der Waals surface area contributed by atoms with Crippen molar-refractivity contribution in [1.29, 1.82) is 0 Å². The number of aromatic hydroxyl groups is 4. The fourth-order valence-electron chi connectivity index (χ4n) is 10.6. The molecule has 444 valence electrons. The number of aryl methyl sites for hydroxylation is 2. The Morgan fingerprint density at radius 2 is 0.662 bits per heavy atom. The molecule has 0 spiro atoms. The summed E-state index contributed by atoms with van der Waals surface area (Å²) in [4.78, 5) is 42.7. The first-order chi connectivity index (χ1) is 36.0. The Bertz CT molecular complexity index is 2690. The molecule has 0 aliphatic carbocycles. The third-order valence-electron chi connectivity index (χ3n) is 15.2. The standard InChI is InChI=1S/C70H104O10/c1-26-53(71)80-61-45(37-52(68(20,21)22)60(77)56(61)69(23,24)25)39-70(38-44-35-50(66(14,15)16)59(76)51(36-44)67(17,18)19,40-78-54(72)29-27-42-31-46(62(2,3)4)57(74)47(32-42)63(5,6)7)41-79-55(73)30-28-43-33-48(64(8,9)10)58(75)49(34-43)65(11,12)13/h31-37,74-77H,26-30,38-41H2,1-25H3. The van der Waals surface area contributed by atoms with Crippen LogP contribution < -0.4 is 4.74 Å².